The van der Waals surface area contributed by atoms with E-state index in [9.17, 15) is 9.59 Å². The quantitative estimate of drug-likeness (QED) is 0.154. The van der Waals surface area contributed by atoms with Gasteiger partial charge in [-0.15, -0.1) is 23.5 Å². The standard InChI is InChI=1S/C30H44N2O6S2/c1-8-39-30(40-9-2,27(33)36-7)17-15-23-26-21(25-22(31-26)13-12-14-24(25)35-6)16-19-32(23)18-10-11-20-37-28(34)38-29(3,4)5/h10-14,23,31H,8-9,15-20H2,1-7H3/b11-10+/t23-/m0/s1. The van der Waals surface area contributed by atoms with Gasteiger partial charge in [0.1, 0.15) is 18.0 Å². The fourth-order valence-corrected chi connectivity index (χ4v) is 8.08. The first-order valence-corrected chi connectivity index (χ1v) is 15.8. The molecule has 0 bridgehead atoms. The maximum Gasteiger partial charge on any atom is 0.509 e. The lowest BCUT2D eigenvalue weighted by atomic mass is 9.93. The van der Waals surface area contributed by atoms with Crippen LogP contribution in [0.5, 0.6) is 5.75 Å². The van der Waals surface area contributed by atoms with Crippen LogP contribution in [0.1, 0.15) is 64.8 Å². The Hall–Kier alpha value is -2.30. The highest BCUT2D eigenvalue weighted by molar-refractivity contribution is 8.19. The number of H-pyrrole nitrogens is 1. The van der Waals surface area contributed by atoms with Crippen molar-refractivity contribution >= 4 is 46.6 Å². The molecular formula is C30H44N2O6S2. The van der Waals surface area contributed by atoms with Gasteiger partial charge in [-0.25, -0.2) is 9.59 Å². The molecule has 0 saturated carbocycles. The van der Waals surface area contributed by atoms with E-state index in [-0.39, 0.29) is 18.6 Å². The van der Waals surface area contributed by atoms with Crippen molar-refractivity contribution in [1.29, 1.82) is 0 Å². The number of methoxy groups -OCH3 is 2. The fraction of sp³-hybridized carbons (Fsp3) is 0.600. The summed E-state index contributed by atoms with van der Waals surface area (Å²) in [5, 5.41) is 1.14. The first-order chi connectivity index (χ1) is 19.1. The van der Waals surface area contributed by atoms with Crippen molar-refractivity contribution in [1.82, 2.24) is 9.88 Å². The maximum absolute atomic E-state index is 13.1. The summed E-state index contributed by atoms with van der Waals surface area (Å²) in [6, 6.07) is 6.16. The number of nitrogens with one attached hydrogen (secondary N) is 1. The number of ether oxygens (including phenoxy) is 4. The zero-order chi connectivity index (χ0) is 29.3. The highest BCUT2D eigenvalue weighted by Gasteiger charge is 2.42. The Morgan fingerprint density at radius 1 is 1.12 bits per heavy atom. The highest BCUT2D eigenvalue weighted by atomic mass is 32.2. The molecule has 0 radical (unpaired) electrons. The van der Waals surface area contributed by atoms with E-state index in [1.54, 1.807) is 51.4 Å². The SMILES string of the molecule is CCSC(CC[C@H]1c2[nH]c3cccc(OC)c3c2CCN1C/C=C/COC(=O)OC(C)(C)C)(SCC)C(=O)OC. The molecule has 1 aromatic carbocycles. The number of hydrogen-bond acceptors (Lipinski definition) is 9. The van der Waals surface area contributed by atoms with Gasteiger partial charge in [0.25, 0.3) is 0 Å². The molecule has 1 atom stereocenters. The van der Waals surface area contributed by atoms with Crippen LogP contribution in [-0.4, -0.2) is 77.1 Å². The van der Waals surface area contributed by atoms with Crippen molar-refractivity contribution in [2.45, 2.75) is 69.6 Å². The molecular weight excluding hydrogens is 548 g/mol. The minimum absolute atomic E-state index is 0.0659. The Balaban J connectivity index is 1.86. The van der Waals surface area contributed by atoms with Crippen LogP contribution in [0.3, 0.4) is 0 Å². The van der Waals surface area contributed by atoms with Crippen LogP contribution in [0.2, 0.25) is 0 Å². The monoisotopic (exact) mass is 592 g/mol. The smallest absolute Gasteiger partial charge is 0.496 e. The summed E-state index contributed by atoms with van der Waals surface area (Å²) in [6.45, 7) is 11.3. The Bertz CT molecular complexity index is 1170. The third-order valence-corrected chi connectivity index (χ3v) is 9.72. The molecule has 2 aromatic rings. The number of benzene rings is 1. The number of carbonyl (C=O) groups is 2. The van der Waals surface area contributed by atoms with Gasteiger partial charge in [0.15, 0.2) is 4.08 Å². The van der Waals surface area contributed by atoms with Crippen LogP contribution in [0.15, 0.2) is 30.4 Å². The lowest BCUT2D eigenvalue weighted by Gasteiger charge is -2.37. The average molecular weight is 593 g/mol. The van der Waals surface area contributed by atoms with Gasteiger partial charge in [-0.1, -0.05) is 26.0 Å². The number of esters is 1. The summed E-state index contributed by atoms with van der Waals surface area (Å²) < 4.78 is 20.8. The predicted octanol–water partition coefficient (Wildman–Crippen LogP) is 6.74. The predicted molar refractivity (Wildman–Crippen MR) is 164 cm³/mol. The van der Waals surface area contributed by atoms with E-state index in [1.807, 2.05) is 24.3 Å². The lowest BCUT2D eigenvalue weighted by Crippen LogP contribution is -2.39. The molecule has 0 aliphatic carbocycles. The number of nitrogens with zero attached hydrogens (tertiary/aromatic N) is 1. The van der Waals surface area contributed by atoms with E-state index < -0.39 is 15.8 Å². The summed E-state index contributed by atoms with van der Waals surface area (Å²) in [6.07, 6.45) is 5.54. The van der Waals surface area contributed by atoms with E-state index in [0.29, 0.717) is 13.0 Å². The molecule has 1 aliphatic heterocycles. The van der Waals surface area contributed by atoms with Gasteiger partial charge >= 0.3 is 12.1 Å². The molecule has 10 heteroatoms. The number of carbonyl (C=O) groups excluding carboxylic acids is 2. The molecule has 3 rings (SSSR count). The molecule has 8 nitrogen and oxygen atoms in total. The van der Waals surface area contributed by atoms with Crippen molar-refractivity contribution in [2.24, 2.45) is 0 Å². The topological polar surface area (TPSA) is 90.1 Å². The Labute approximate surface area is 246 Å². The van der Waals surface area contributed by atoms with Crippen LogP contribution in [0.4, 0.5) is 4.79 Å². The van der Waals surface area contributed by atoms with Crippen molar-refractivity contribution in [3.63, 3.8) is 0 Å². The van der Waals surface area contributed by atoms with Crippen molar-refractivity contribution in [2.75, 3.05) is 45.4 Å². The summed E-state index contributed by atoms with van der Waals surface area (Å²) in [5.41, 5.74) is 2.92. The molecule has 0 unspecified atom stereocenters. The first kappa shape index (κ1) is 32.2. The first-order valence-electron chi connectivity index (χ1n) is 13.9. The fourth-order valence-electron chi connectivity index (χ4n) is 5.18. The van der Waals surface area contributed by atoms with Gasteiger partial charge in [-0.3, -0.25) is 4.90 Å². The van der Waals surface area contributed by atoms with E-state index in [0.717, 1.165) is 47.5 Å². The minimum atomic E-state index is -0.675. The third kappa shape index (κ3) is 7.91. The average Bonchev–Trinajstić information content (AvgIpc) is 3.29. The molecule has 40 heavy (non-hydrogen) atoms. The van der Waals surface area contributed by atoms with Crippen molar-refractivity contribution in [3.8, 4) is 5.75 Å². The molecule has 0 fully saturated rings. The second kappa shape index (κ2) is 14.5. The second-order valence-electron chi connectivity index (χ2n) is 10.6. The van der Waals surface area contributed by atoms with Gasteiger partial charge in [-0.2, -0.15) is 0 Å². The molecule has 0 saturated heterocycles. The number of hydrogen-bond donors (Lipinski definition) is 1. The van der Waals surface area contributed by atoms with Gasteiger partial charge < -0.3 is 23.9 Å². The second-order valence-corrected chi connectivity index (χ2v) is 13.9. The lowest BCUT2D eigenvalue weighted by molar-refractivity contribution is -0.141. The Kier molecular flexibility index (Phi) is 11.7. The van der Waals surface area contributed by atoms with E-state index in [2.05, 4.69) is 29.8 Å². The number of thioether (sulfide) groups is 2. The van der Waals surface area contributed by atoms with Gasteiger partial charge in [0.05, 0.1) is 20.3 Å². The Morgan fingerprint density at radius 2 is 1.85 bits per heavy atom. The molecule has 1 aliphatic rings. The third-order valence-electron chi connectivity index (χ3n) is 6.76. The zero-order valence-corrected chi connectivity index (χ0v) is 26.5. The number of fused-ring (bicyclic) bond motifs is 3. The van der Waals surface area contributed by atoms with E-state index in [4.69, 9.17) is 18.9 Å². The number of rotatable bonds is 13. The van der Waals surface area contributed by atoms with Gasteiger partial charge in [-0.05, 0) is 75.3 Å². The molecule has 2 heterocycles. The Morgan fingerprint density at radius 3 is 2.48 bits per heavy atom. The summed E-state index contributed by atoms with van der Waals surface area (Å²) >= 11 is 3.32. The number of aromatic amines is 1. The number of aromatic nitrogens is 1. The van der Waals surface area contributed by atoms with Crippen LogP contribution in [-0.2, 0) is 25.4 Å². The summed E-state index contributed by atoms with van der Waals surface area (Å²) in [4.78, 5) is 31.0. The molecule has 222 valence electrons. The van der Waals surface area contributed by atoms with Crippen LogP contribution in [0.25, 0.3) is 10.9 Å². The molecule has 0 amide bonds. The van der Waals surface area contributed by atoms with Gasteiger partial charge in [0.2, 0.25) is 0 Å². The maximum atomic E-state index is 13.1. The van der Waals surface area contributed by atoms with Crippen molar-refractivity contribution < 1.29 is 28.5 Å². The van der Waals surface area contributed by atoms with Crippen LogP contribution < -0.4 is 4.74 Å². The summed E-state index contributed by atoms with van der Waals surface area (Å²) in [5.74, 6) is 2.34. The van der Waals surface area contributed by atoms with E-state index in [1.165, 1.54) is 18.4 Å². The molecule has 1 aromatic heterocycles. The van der Waals surface area contributed by atoms with Gasteiger partial charge in [0, 0.05) is 29.7 Å². The zero-order valence-electron chi connectivity index (χ0n) is 24.8. The highest BCUT2D eigenvalue weighted by Crippen LogP contribution is 2.46. The van der Waals surface area contributed by atoms with E-state index >= 15 is 0 Å². The largest absolute Gasteiger partial charge is 0.509 e. The van der Waals surface area contributed by atoms with Crippen LogP contribution >= 0.6 is 23.5 Å². The minimum Gasteiger partial charge on any atom is -0.496 e. The molecule has 0 spiro atoms. The summed E-state index contributed by atoms with van der Waals surface area (Å²) in [7, 11) is 3.18. The normalized spacial score (nSPS) is 16.2. The molecule has 1 N–H and O–H groups in total. The van der Waals surface area contributed by atoms with Crippen LogP contribution in [0, 0.1) is 0 Å². The van der Waals surface area contributed by atoms with Crippen molar-refractivity contribution in [3.05, 3.63) is 41.6 Å².